The van der Waals surface area contributed by atoms with Crippen LogP contribution in [0.15, 0.2) is 90.2 Å². The van der Waals surface area contributed by atoms with Gasteiger partial charge in [-0.2, -0.15) is 0 Å². The van der Waals surface area contributed by atoms with Gasteiger partial charge in [-0.15, -0.1) is 0 Å². The SMILES string of the molecule is CCNc1cccc(CCCCC2C=C(CCCO)C(O)=CC2CC2CC(=O)CCc3ccc(OC)c(c3)OCc3ccc4c(c(O)cc5c4c3C=CC5C)CC#CO2)c1. The fourth-order valence-corrected chi connectivity index (χ4v) is 9.06. The molecule has 0 saturated heterocycles. The number of carbonyl (C=O) groups is 1. The molecule has 2 aliphatic carbocycles. The number of ketones is 1. The van der Waals surface area contributed by atoms with Crippen molar-refractivity contribution in [3.8, 4) is 29.3 Å². The first-order valence-electron chi connectivity index (χ1n) is 21.7. The van der Waals surface area contributed by atoms with Gasteiger partial charge in [0.05, 0.1) is 7.11 Å². The topological polar surface area (TPSA) is 117 Å². The molecule has 0 fully saturated rings. The van der Waals surface area contributed by atoms with E-state index in [0.717, 1.165) is 82.1 Å². The van der Waals surface area contributed by atoms with Crippen LogP contribution in [-0.4, -0.2) is 47.5 Å². The molecule has 4 N–H and O–H groups in total. The van der Waals surface area contributed by atoms with Crippen molar-refractivity contribution in [2.45, 2.75) is 103 Å². The summed E-state index contributed by atoms with van der Waals surface area (Å²) >= 11 is 0. The van der Waals surface area contributed by atoms with Crippen LogP contribution in [0.2, 0.25) is 0 Å². The number of methoxy groups -OCH3 is 1. The second-order valence-electron chi connectivity index (χ2n) is 16.5. The van der Waals surface area contributed by atoms with Crippen molar-refractivity contribution < 1.29 is 34.3 Å². The van der Waals surface area contributed by atoms with Gasteiger partial charge in [0.2, 0.25) is 0 Å². The fourth-order valence-electron chi connectivity index (χ4n) is 9.06. The summed E-state index contributed by atoms with van der Waals surface area (Å²) in [7, 11) is 1.63. The van der Waals surface area contributed by atoms with Crippen molar-refractivity contribution in [2.24, 2.45) is 11.8 Å². The smallest absolute Gasteiger partial charge is 0.161 e. The number of aromatic hydroxyl groups is 1. The van der Waals surface area contributed by atoms with Gasteiger partial charge >= 0.3 is 0 Å². The van der Waals surface area contributed by atoms with Gasteiger partial charge in [-0.25, -0.2) is 0 Å². The number of aliphatic hydroxyl groups is 2. The fraction of sp³-hybridized carbons (Fsp3) is 0.404. The zero-order valence-corrected chi connectivity index (χ0v) is 35.3. The Kier molecular flexibility index (Phi) is 14.2. The molecular formula is C52H59NO7. The summed E-state index contributed by atoms with van der Waals surface area (Å²) in [5.74, 6) is 5.10. The summed E-state index contributed by atoms with van der Waals surface area (Å²) in [4.78, 5) is 13.8. The van der Waals surface area contributed by atoms with Crippen molar-refractivity contribution in [3.63, 3.8) is 0 Å². The molecule has 6 bridgehead atoms. The van der Waals surface area contributed by atoms with Crippen LogP contribution in [0.1, 0.15) is 105 Å². The number of Topliss-reactive ketones (excluding diaryl/α,β-unsaturated/α-hetero) is 1. The molecule has 314 valence electrons. The highest BCUT2D eigenvalue weighted by molar-refractivity contribution is 6.00. The Morgan fingerprint density at radius 2 is 1.85 bits per heavy atom. The van der Waals surface area contributed by atoms with Gasteiger partial charge in [0.15, 0.2) is 11.5 Å². The van der Waals surface area contributed by atoms with Crippen LogP contribution in [-0.2, 0) is 35.4 Å². The Labute approximate surface area is 355 Å². The summed E-state index contributed by atoms with van der Waals surface area (Å²) in [6.45, 7) is 5.49. The molecule has 8 heteroatoms. The van der Waals surface area contributed by atoms with E-state index in [1.54, 1.807) is 7.11 Å². The minimum Gasteiger partial charge on any atom is -0.508 e. The summed E-state index contributed by atoms with van der Waals surface area (Å²) in [6.07, 6.45) is 17.8. The minimum atomic E-state index is -0.516. The van der Waals surface area contributed by atoms with E-state index >= 15 is 0 Å². The third kappa shape index (κ3) is 10.2. The molecule has 8 nitrogen and oxygen atoms in total. The average Bonchev–Trinajstić information content (AvgIpc) is 3.24. The Morgan fingerprint density at radius 1 is 0.967 bits per heavy atom. The van der Waals surface area contributed by atoms with Crippen LogP contribution in [0.3, 0.4) is 0 Å². The molecule has 0 aromatic heterocycles. The van der Waals surface area contributed by atoms with Crippen LogP contribution >= 0.6 is 0 Å². The molecule has 0 spiro atoms. The van der Waals surface area contributed by atoms with Crippen molar-refractivity contribution in [1.82, 2.24) is 0 Å². The number of ether oxygens (including phenoxy) is 3. The molecule has 4 unspecified atom stereocenters. The number of fused-ring (bicyclic) bond motifs is 9. The molecule has 60 heavy (non-hydrogen) atoms. The van der Waals surface area contributed by atoms with Crippen LogP contribution < -0.4 is 14.8 Å². The maximum atomic E-state index is 13.8. The lowest BCUT2D eigenvalue weighted by Crippen LogP contribution is -2.25. The summed E-state index contributed by atoms with van der Waals surface area (Å²) in [5.41, 5.74) is 8.15. The lowest BCUT2D eigenvalue weighted by molar-refractivity contribution is -0.121. The summed E-state index contributed by atoms with van der Waals surface area (Å²) < 4.78 is 18.4. The van der Waals surface area contributed by atoms with Crippen molar-refractivity contribution in [1.29, 1.82) is 0 Å². The van der Waals surface area contributed by atoms with Crippen LogP contribution in [0, 0.1) is 23.9 Å². The first-order chi connectivity index (χ1) is 29.2. The number of phenols is 1. The molecule has 4 aromatic rings. The Hall–Kier alpha value is -5.65. The second kappa shape index (κ2) is 20.1. The third-order valence-corrected chi connectivity index (χ3v) is 12.3. The Morgan fingerprint density at radius 3 is 2.68 bits per heavy atom. The quantitative estimate of drug-likeness (QED) is 0.0779. The molecular weight excluding hydrogens is 751 g/mol. The number of anilines is 1. The number of unbranched alkanes of at least 4 members (excludes halogenated alkanes) is 1. The molecule has 0 saturated carbocycles. The second-order valence-corrected chi connectivity index (χ2v) is 16.5. The number of nitrogens with one attached hydrogen (secondary N) is 1. The standard InChI is InChI=1S/C52H59NO7/c1-4-53-41-14-7-11-35(26-41)10-5-6-12-37-28-38(13-8-24-54)48(56)30-40(37)29-43-31-42(55)20-17-36-18-23-50(58-3)51(27-36)60-33-39-19-22-46-45(15-9-25-59-43)49(57)32-47-34(2)16-21-44(39)52(46)47/h7,11,14,16,18-19,21-23,26-28,30,32,34,37,40,43,53-54,56-57H,4-6,8,10,12-13,15,17,20,24,29,31,33H2,1-3H3. The Balaban J connectivity index is 1.16. The number of rotatable bonds is 13. The number of aryl methyl sites for hydroxylation is 2. The number of hydrogen-bond donors (Lipinski definition) is 4. The normalized spacial score (nSPS) is 20.2. The van der Waals surface area contributed by atoms with Gasteiger partial charge in [0.25, 0.3) is 0 Å². The van der Waals surface area contributed by atoms with Crippen molar-refractivity contribution in [3.05, 3.63) is 124 Å². The zero-order chi connectivity index (χ0) is 42.0. The maximum Gasteiger partial charge on any atom is 0.161 e. The molecule has 4 aromatic carbocycles. The van der Waals surface area contributed by atoms with Gasteiger partial charge < -0.3 is 34.8 Å². The molecule has 0 amide bonds. The first kappa shape index (κ1) is 42.5. The number of carbonyl (C=O) groups excluding carboxylic acids is 1. The summed E-state index contributed by atoms with van der Waals surface area (Å²) in [6, 6.07) is 20.4. The lowest BCUT2D eigenvalue weighted by atomic mass is 9.77. The van der Waals surface area contributed by atoms with E-state index in [1.807, 2.05) is 30.3 Å². The highest BCUT2D eigenvalue weighted by Crippen LogP contribution is 2.42. The average molecular weight is 810 g/mol. The maximum absolute atomic E-state index is 13.8. The van der Waals surface area contributed by atoms with E-state index in [1.165, 1.54) is 5.56 Å². The van der Waals surface area contributed by atoms with E-state index in [0.29, 0.717) is 50.2 Å². The largest absolute Gasteiger partial charge is 0.508 e. The highest BCUT2D eigenvalue weighted by atomic mass is 16.5. The van der Waals surface area contributed by atoms with Gasteiger partial charge in [0, 0.05) is 49.6 Å². The van der Waals surface area contributed by atoms with Crippen LogP contribution in [0.25, 0.3) is 16.8 Å². The molecule has 0 radical (unpaired) electrons. The predicted octanol–water partition coefficient (Wildman–Crippen LogP) is 10.7. The summed E-state index contributed by atoms with van der Waals surface area (Å²) in [5, 5.41) is 37.6. The first-order valence-corrected chi connectivity index (χ1v) is 21.7. The molecule has 2 aliphatic heterocycles. The van der Waals surface area contributed by atoms with E-state index in [-0.39, 0.29) is 54.5 Å². The van der Waals surface area contributed by atoms with E-state index < -0.39 is 6.10 Å². The van der Waals surface area contributed by atoms with Gasteiger partial charge in [-0.1, -0.05) is 67.8 Å². The molecule has 8 rings (SSSR count). The van der Waals surface area contributed by atoms with Crippen LogP contribution in [0.5, 0.6) is 17.2 Å². The van der Waals surface area contributed by atoms with Gasteiger partial charge in [0.1, 0.15) is 36.1 Å². The van der Waals surface area contributed by atoms with Gasteiger partial charge in [-0.05, 0) is 144 Å². The van der Waals surface area contributed by atoms with Gasteiger partial charge in [-0.3, -0.25) is 4.79 Å². The molecule has 4 atom stereocenters. The number of benzene rings is 4. The van der Waals surface area contributed by atoms with E-state index in [4.69, 9.17) is 14.2 Å². The highest BCUT2D eigenvalue weighted by Gasteiger charge is 2.29. The molecule has 2 heterocycles. The number of hydrogen-bond acceptors (Lipinski definition) is 8. The lowest BCUT2D eigenvalue weighted by Gasteiger charge is -2.30. The van der Waals surface area contributed by atoms with Crippen LogP contribution in [0.4, 0.5) is 5.69 Å². The minimum absolute atomic E-state index is 0.0578. The van der Waals surface area contributed by atoms with E-state index in [9.17, 15) is 20.1 Å². The third-order valence-electron chi connectivity index (χ3n) is 12.3. The molecule has 4 aliphatic rings. The van der Waals surface area contributed by atoms with Crippen molar-refractivity contribution in [2.75, 3.05) is 25.6 Å². The van der Waals surface area contributed by atoms with E-state index in [2.05, 4.69) is 85.8 Å². The number of allylic oxidation sites excluding steroid dienone is 4. The number of aliphatic hydroxyl groups excluding tert-OH is 2. The predicted molar refractivity (Wildman–Crippen MR) is 240 cm³/mol. The number of phenolic OH excluding ortho intramolecular Hbond substituents is 1. The zero-order valence-electron chi connectivity index (χ0n) is 35.3. The van der Waals surface area contributed by atoms with Crippen molar-refractivity contribution >= 4 is 28.3 Å². The Bertz CT molecular complexity index is 2330. The monoisotopic (exact) mass is 809 g/mol.